The fourth-order valence-electron chi connectivity index (χ4n) is 1.28. The van der Waals surface area contributed by atoms with Crippen LogP contribution in [0.4, 0.5) is 5.69 Å². The van der Waals surface area contributed by atoms with E-state index in [9.17, 15) is 4.79 Å². The second kappa shape index (κ2) is 4.57. The van der Waals surface area contributed by atoms with Gasteiger partial charge in [-0.1, -0.05) is 11.6 Å². The molecule has 2 nitrogen and oxygen atoms in total. The van der Waals surface area contributed by atoms with Crippen LogP contribution in [0.15, 0.2) is 34.8 Å². The summed E-state index contributed by atoms with van der Waals surface area (Å²) in [6.45, 7) is 0. The van der Waals surface area contributed by atoms with Gasteiger partial charge in [-0.2, -0.15) is 0 Å². The van der Waals surface area contributed by atoms with E-state index in [2.05, 4.69) is 15.9 Å². The maximum absolute atomic E-state index is 12.1. The fourth-order valence-corrected chi connectivity index (χ4v) is 2.86. The number of hydrogen-bond donors (Lipinski definition) is 1. The molecule has 1 aromatic heterocycles. The van der Waals surface area contributed by atoms with Gasteiger partial charge in [0.15, 0.2) is 0 Å². The lowest BCUT2D eigenvalue weighted by Crippen LogP contribution is -2.00. The van der Waals surface area contributed by atoms with Crippen molar-refractivity contribution in [3.8, 4) is 0 Å². The number of carbonyl (C=O) groups is 1. The lowest BCUT2D eigenvalue weighted by Gasteiger charge is -2.02. The summed E-state index contributed by atoms with van der Waals surface area (Å²) >= 11 is 10.4. The summed E-state index contributed by atoms with van der Waals surface area (Å²) in [5.74, 6) is -0.0521. The first kappa shape index (κ1) is 11.6. The predicted molar refractivity (Wildman–Crippen MR) is 71.3 cm³/mol. The second-order valence-electron chi connectivity index (χ2n) is 3.17. The quantitative estimate of drug-likeness (QED) is 0.673. The monoisotopic (exact) mass is 315 g/mol. The van der Waals surface area contributed by atoms with Crippen molar-refractivity contribution in [2.75, 3.05) is 5.73 Å². The minimum absolute atomic E-state index is 0.0521. The van der Waals surface area contributed by atoms with Crippen molar-refractivity contribution in [1.82, 2.24) is 0 Å². The van der Waals surface area contributed by atoms with Gasteiger partial charge in [0.05, 0.1) is 9.21 Å². The minimum Gasteiger partial charge on any atom is -0.399 e. The van der Waals surface area contributed by atoms with Gasteiger partial charge < -0.3 is 5.73 Å². The third-order valence-corrected chi connectivity index (χ3v) is 3.92. The van der Waals surface area contributed by atoms with Crippen LogP contribution in [-0.2, 0) is 0 Å². The maximum atomic E-state index is 12.1. The van der Waals surface area contributed by atoms with Crippen LogP contribution in [0.3, 0.4) is 0 Å². The third kappa shape index (κ3) is 2.29. The highest BCUT2D eigenvalue weighted by Crippen LogP contribution is 2.27. The molecule has 0 saturated heterocycles. The molecule has 2 N–H and O–H groups in total. The van der Waals surface area contributed by atoms with Crippen molar-refractivity contribution in [1.29, 1.82) is 0 Å². The van der Waals surface area contributed by atoms with Crippen LogP contribution in [0.1, 0.15) is 15.2 Å². The molecule has 0 spiro atoms. The summed E-state index contributed by atoms with van der Waals surface area (Å²) in [4.78, 5) is 12.7. The molecule has 0 fully saturated rings. The Bertz CT molecular complexity index is 553. The SMILES string of the molecule is Nc1ccc(C(=O)c2ccc(Cl)s2)c(Br)c1. The molecular formula is C11H7BrClNOS. The van der Waals surface area contributed by atoms with Gasteiger partial charge in [-0.05, 0) is 46.3 Å². The number of rotatable bonds is 2. The van der Waals surface area contributed by atoms with Crippen LogP contribution >= 0.6 is 38.9 Å². The average molecular weight is 317 g/mol. The Morgan fingerprint density at radius 1 is 1.31 bits per heavy atom. The molecule has 0 aliphatic heterocycles. The standard InChI is InChI=1S/C11H7BrClNOS/c12-8-5-6(14)1-2-7(8)11(15)9-3-4-10(13)16-9/h1-5H,14H2. The van der Waals surface area contributed by atoms with Gasteiger partial charge >= 0.3 is 0 Å². The Morgan fingerprint density at radius 2 is 2.06 bits per heavy atom. The summed E-state index contributed by atoms with van der Waals surface area (Å²) in [7, 11) is 0. The first-order valence-corrected chi connectivity index (χ1v) is 6.42. The predicted octanol–water partition coefficient (Wildman–Crippen LogP) is 3.98. The van der Waals surface area contributed by atoms with Gasteiger partial charge in [-0.15, -0.1) is 11.3 Å². The fraction of sp³-hybridized carbons (Fsp3) is 0. The number of ketones is 1. The van der Waals surface area contributed by atoms with E-state index in [-0.39, 0.29) is 5.78 Å². The van der Waals surface area contributed by atoms with Gasteiger partial charge in [0.2, 0.25) is 5.78 Å². The number of nitrogen functional groups attached to an aromatic ring is 1. The number of hydrogen-bond acceptors (Lipinski definition) is 3. The number of thiophene rings is 1. The van der Waals surface area contributed by atoms with Crippen LogP contribution < -0.4 is 5.73 Å². The van der Waals surface area contributed by atoms with E-state index < -0.39 is 0 Å². The van der Waals surface area contributed by atoms with Crippen LogP contribution in [-0.4, -0.2) is 5.78 Å². The van der Waals surface area contributed by atoms with Gasteiger partial charge in [0.25, 0.3) is 0 Å². The average Bonchev–Trinajstić information content (AvgIpc) is 2.64. The molecule has 0 aliphatic rings. The summed E-state index contributed by atoms with van der Waals surface area (Å²) in [6.07, 6.45) is 0. The van der Waals surface area contributed by atoms with Crippen molar-refractivity contribution in [2.24, 2.45) is 0 Å². The molecule has 0 radical (unpaired) electrons. The van der Waals surface area contributed by atoms with E-state index in [0.29, 0.717) is 24.9 Å². The van der Waals surface area contributed by atoms with Crippen molar-refractivity contribution in [2.45, 2.75) is 0 Å². The Morgan fingerprint density at radius 3 is 2.62 bits per heavy atom. The first-order chi connectivity index (χ1) is 7.58. The lowest BCUT2D eigenvalue weighted by atomic mass is 10.1. The summed E-state index contributed by atoms with van der Waals surface area (Å²) in [6, 6.07) is 8.55. The maximum Gasteiger partial charge on any atom is 0.204 e. The minimum atomic E-state index is -0.0521. The van der Waals surface area contributed by atoms with Gasteiger partial charge in [0.1, 0.15) is 0 Å². The Hall–Kier alpha value is -0.840. The van der Waals surface area contributed by atoms with Crippen LogP contribution in [0.2, 0.25) is 4.34 Å². The number of nitrogens with two attached hydrogens (primary N) is 1. The first-order valence-electron chi connectivity index (χ1n) is 4.43. The van der Waals surface area contributed by atoms with Crippen molar-refractivity contribution in [3.63, 3.8) is 0 Å². The Kier molecular flexibility index (Phi) is 3.33. The number of halogens is 2. The zero-order chi connectivity index (χ0) is 11.7. The van der Waals surface area contributed by atoms with Crippen LogP contribution in [0.25, 0.3) is 0 Å². The van der Waals surface area contributed by atoms with Gasteiger partial charge in [0, 0.05) is 15.7 Å². The van der Waals surface area contributed by atoms with Crippen LogP contribution in [0.5, 0.6) is 0 Å². The molecule has 0 bridgehead atoms. The van der Waals surface area contributed by atoms with Gasteiger partial charge in [-0.3, -0.25) is 4.79 Å². The Labute approximate surface area is 110 Å². The highest BCUT2D eigenvalue weighted by Gasteiger charge is 2.14. The number of anilines is 1. The van der Waals surface area contributed by atoms with Crippen LogP contribution in [0, 0.1) is 0 Å². The molecule has 2 aromatic rings. The Balaban J connectivity index is 2.41. The van der Waals surface area contributed by atoms with Crippen molar-refractivity contribution < 1.29 is 4.79 Å². The normalized spacial score (nSPS) is 10.4. The van der Waals surface area contributed by atoms with Gasteiger partial charge in [-0.25, -0.2) is 0 Å². The highest BCUT2D eigenvalue weighted by molar-refractivity contribution is 9.10. The molecule has 1 aromatic carbocycles. The molecule has 2 rings (SSSR count). The molecule has 0 amide bonds. The molecule has 0 atom stereocenters. The summed E-state index contributed by atoms with van der Waals surface area (Å²) in [5, 5.41) is 0. The van der Waals surface area contributed by atoms with E-state index in [4.69, 9.17) is 17.3 Å². The van der Waals surface area contributed by atoms with Crippen molar-refractivity contribution >= 4 is 50.3 Å². The number of carbonyl (C=O) groups excluding carboxylic acids is 1. The molecule has 0 saturated carbocycles. The number of benzene rings is 1. The highest BCUT2D eigenvalue weighted by atomic mass is 79.9. The molecule has 16 heavy (non-hydrogen) atoms. The summed E-state index contributed by atoms with van der Waals surface area (Å²) in [5.41, 5.74) is 6.82. The molecule has 1 heterocycles. The smallest absolute Gasteiger partial charge is 0.204 e. The van der Waals surface area contributed by atoms with E-state index in [0.717, 1.165) is 0 Å². The van der Waals surface area contributed by atoms with E-state index in [1.807, 2.05) is 0 Å². The molecule has 0 aliphatic carbocycles. The zero-order valence-corrected chi connectivity index (χ0v) is 11.2. The van der Waals surface area contributed by atoms with E-state index in [1.54, 1.807) is 30.3 Å². The molecule has 0 unspecified atom stereocenters. The van der Waals surface area contributed by atoms with E-state index in [1.165, 1.54) is 11.3 Å². The summed E-state index contributed by atoms with van der Waals surface area (Å²) < 4.78 is 1.30. The van der Waals surface area contributed by atoms with Crippen molar-refractivity contribution in [3.05, 3.63) is 49.6 Å². The second-order valence-corrected chi connectivity index (χ2v) is 5.74. The molecule has 5 heteroatoms. The largest absolute Gasteiger partial charge is 0.399 e. The van der Waals surface area contributed by atoms with E-state index >= 15 is 0 Å². The zero-order valence-electron chi connectivity index (χ0n) is 8.04. The molecule has 82 valence electrons. The topological polar surface area (TPSA) is 43.1 Å². The lowest BCUT2D eigenvalue weighted by molar-refractivity contribution is 0.104. The molecular weight excluding hydrogens is 310 g/mol. The third-order valence-electron chi connectivity index (χ3n) is 2.03.